The Morgan fingerprint density at radius 3 is 1.86 bits per heavy atom. The van der Waals surface area contributed by atoms with E-state index in [1.54, 1.807) is 0 Å². The normalized spacial score (nSPS) is 13.6. The van der Waals surface area contributed by atoms with Crippen molar-refractivity contribution in [3.63, 3.8) is 0 Å². The summed E-state index contributed by atoms with van der Waals surface area (Å²) in [7, 11) is -3.88. The maximum atomic E-state index is 6.96. The average molecular weight is 594 g/mol. The van der Waals surface area contributed by atoms with Crippen LogP contribution in [-0.4, -0.2) is 23.2 Å². The molecule has 0 saturated carbocycles. The van der Waals surface area contributed by atoms with E-state index in [2.05, 4.69) is 122 Å². The van der Waals surface area contributed by atoms with Crippen molar-refractivity contribution in [3.8, 4) is 11.5 Å². The molecule has 0 spiro atoms. The molecule has 0 heterocycles. The predicted molar refractivity (Wildman–Crippen MR) is 164 cm³/mol. The van der Waals surface area contributed by atoms with Gasteiger partial charge in [-0.25, -0.2) is 0 Å². The summed E-state index contributed by atoms with van der Waals surface area (Å²) in [5.41, 5.74) is 2.20. The van der Waals surface area contributed by atoms with Gasteiger partial charge in [-0.15, -0.1) is 0 Å². The van der Waals surface area contributed by atoms with Crippen LogP contribution in [0.15, 0.2) is 46.9 Å². The first-order valence-corrected chi connectivity index (χ1v) is 19.7. The van der Waals surface area contributed by atoms with Crippen LogP contribution in [0.1, 0.15) is 72.9 Å². The van der Waals surface area contributed by atoms with Crippen LogP contribution in [0.25, 0.3) is 0 Å². The van der Waals surface area contributed by atoms with Gasteiger partial charge in [-0.2, -0.15) is 0 Å². The van der Waals surface area contributed by atoms with E-state index in [0.29, 0.717) is 6.61 Å². The van der Waals surface area contributed by atoms with Gasteiger partial charge >= 0.3 is 0 Å². The van der Waals surface area contributed by atoms with E-state index in [1.807, 2.05) is 18.2 Å². The molecule has 0 aliphatic heterocycles. The zero-order chi connectivity index (χ0) is 27.6. The highest BCUT2D eigenvalue weighted by Crippen LogP contribution is 2.46. The van der Waals surface area contributed by atoms with Gasteiger partial charge in [-0.1, -0.05) is 102 Å². The van der Waals surface area contributed by atoms with E-state index in [4.69, 9.17) is 13.6 Å². The number of hydrogen-bond donors (Lipinski definition) is 0. The molecule has 0 unspecified atom stereocenters. The van der Waals surface area contributed by atoms with Crippen molar-refractivity contribution in [1.82, 2.24) is 0 Å². The molecule has 0 fully saturated rings. The molecule has 3 nitrogen and oxygen atoms in total. The number of ether oxygens (including phenoxy) is 1. The van der Waals surface area contributed by atoms with Crippen LogP contribution in [-0.2, 0) is 16.4 Å². The van der Waals surface area contributed by atoms with Crippen LogP contribution in [0.5, 0.6) is 11.5 Å². The molecule has 6 heteroatoms. The van der Waals surface area contributed by atoms with Gasteiger partial charge in [0.05, 0.1) is 0 Å². The minimum Gasteiger partial charge on any atom is -0.543 e. The highest BCUT2D eigenvalue weighted by Gasteiger charge is 2.41. The summed E-state index contributed by atoms with van der Waals surface area (Å²) in [5.74, 6) is 1.74. The molecule has 0 atom stereocenters. The smallest absolute Gasteiger partial charge is 0.250 e. The second-order valence-corrected chi connectivity index (χ2v) is 24.0. The van der Waals surface area contributed by atoms with Crippen LogP contribution in [0, 0.1) is 0 Å². The number of benzene rings is 2. The monoisotopic (exact) mass is 592 g/mol. The largest absolute Gasteiger partial charge is 0.543 e. The molecule has 0 radical (unpaired) electrons. The lowest BCUT2D eigenvalue weighted by atomic mass is 9.81. The zero-order valence-corrected chi connectivity index (χ0v) is 28.4. The molecule has 0 aromatic heterocycles. The Morgan fingerprint density at radius 1 is 0.778 bits per heavy atom. The van der Waals surface area contributed by atoms with E-state index < -0.39 is 16.6 Å². The lowest BCUT2D eigenvalue weighted by Crippen LogP contribution is -2.44. The maximum absolute atomic E-state index is 6.96. The third kappa shape index (κ3) is 7.96. The maximum Gasteiger partial charge on any atom is 0.250 e. The van der Waals surface area contributed by atoms with Crippen LogP contribution in [0.3, 0.4) is 0 Å². The van der Waals surface area contributed by atoms with E-state index in [9.17, 15) is 0 Å². The van der Waals surface area contributed by atoms with E-state index in [0.717, 1.165) is 34.6 Å². The standard InChI is InChI=1S/C30H49BrO3Si2/c1-28(2,3)35(9,10)33-19-18-30(7,8)27-25(31)20-24(32-22-23-16-14-13-15-17-23)21-26(27)34-36(11,12)29(4,5)6/h13-17,20-21H,18-19,22H2,1-12H3. The van der Waals surface area contributed by atoms with Gasteiger partial charge < -0.3 is 13.6 Å². The number of rotatable bonds is 10. The molecule has 2 aromatic rings. The average Bonchev–Trinajstić information content (AvgIpc) is 2.70. The molecule has 0 saturated heterocycles. The van der Waals surface area contributed by atoms with Gasteiger partial charge in [-0.3, -0.25) is 0 Å². The van der Waals surface area contributed by atoms with Crippen LogP contribution < -0.4 is 9.16 Å². The second kappa shape index (κ2) is 11.3. The highest BCUT2D eigenvalue weighted by molar-refractivity contribution is 9.10. The van der Waals surface area contributed by atoms with E-state index in [1.165, 1.54) is 5.56 Å². The molecular weight excluding hydrogens is 544 g/mol. The lowest BCUT2D eigenvalue weighted by molar-refractivity contribution is 0.249. The lowest BCUT2D eigenvalue weighted by Gasteiger charge is -2.40. The highest BCUT2D eigenvalue weighted by atomic mass is 79.9. The van der Waals surface area contributed by atoms with E-state index in [-0.39, 0.29) is 15.5 Å². The van der Waals surface area contributed by atoms with Crippen molar-refractivity contribution in [2.45, 2.75) is 110 Å². The topological polar surface area (TPSA) is 27.7 Å². The first-order valence-electron chi connectivity index (χ1n) is 13.1. The molecule has 202 valence electrons. The van der Waals surface area contributed by atoms with Crippen molar-refractivity contribution < 1.29 is 13.6 Å². The molecule has 0 aliphatic rings. The third-order valence-electron chi connectivity index (χ3n) is 8.12. The Morgan fingerprint density at radius 2 is 1.33 bits per heavy atom. The minimum absolute atomic E-state index is 0.0905. The molecule has 0 aliphatic carbocycles. The van der Waals surface area contributed by atoms with Gasteiger partial charge in [0, 0.05) is 22.7 Å². The van der Waals surface area contributed by atoms with Gasteiger partial charge in [-0.05, 0) is 59.7 Å². The Hall–Kier alpha value is -1.09. The first-order chi connectivity index (χ1) is 16.3. The summed E-state index contributed by atoms with van der Waals surface area (Å²) >= 11 is 3.90. The molecule has 0 bridgehead atoms. The SMILES string of the molecule is CC(C)(CCO[Si](C)(C)C(C)(C)C)c1c(Br)cc(OCc2ccccc2)cc1O[Si](C)(C)C(C)(C)C. The quantitative estimate of drug-likeness (QED) is 0.257. The summed E-state index contributed by atoms with van der Waals surface area (Å²) in [5, 5.41) is 0.291. The van der Waals surface area contributed by atoms with Crippen molar-refractivity contribution in [2.75, 3.05) is 6.61 Å². The summed E-state index contributed by atoms with van der Waals surface area (Å²) in [6, 6.07) is 14.5. The van der Waals surface area contributed by atoms with Crippen LogP contribution >= 0.6 is 15.9 Å². The van der Waals surface area contributed by atoms with E-state index >= 15 is 0 Å². The molecular formula is C30H49BrO3Si2. The summed E-state index contributed by atoms with van der Waals surface area (Å²) in [6.07, 6.45) is 0.913. The zero-order valence-electron chi connectivity index (χ0n) is 24.8. The van der Waals surface area contributed by atoms with Gasteiger partial charge in [0.25, 0.3) is 0 Å². The molecule has 0 N–H and O–H groups in total. The van der Waals surface area contributed by atoms with Gasteiger partial charge in [0.1, 0.15) is 18.1 Å². The van der Waals surface area contributed by atoms with Gasteiger partial charge in [0.2, 0.25) is 8.32 Å². The Labute approximate surface area is 231 Å². The first kappa shape index (κ1) is 31.1. The molecule has 0 amide bonds. The second-order valence-electron chi connectivity index (χ2n) is 13.7. The van der Waals surface area contributed by atoms with Crippen LogP contribution in [0.4, 0.5) is 0 Å². The fourth-order valence-electron chi connectivity index (χ4n) is 3.45. The molecule has 2 rings (SSSR count). The predicted octanol–water partition coefficient (Wildman–Crippen LogP) is 10.1. The summed E-state index contributed by atoms with van der Waals surface area (Å²) < 4.78 is 20.8. The molecule has 36 heavy (non-hydrogen) atoms. The fraction of sp³-hybridized carbons (Fsp3) is 0.600. The van der Waals surface area contributed by atoms with Gasteiger partial charge in [0.15, 0.2) is 8.32 Å². The van der Waals surface area contributed by atoms with Crippen molar-refractivity contribution in [3.05, 3.63) is 58.1 Å². The van der Waals surface area contributed by atoms with Crippen molar-refractivity contribution >= 4 is 32.6 Å². The fourth-order valence-corrected chi connectivity index (χ4v) is 6.47. The Bertz CT molecular complexity index is 1000. The number of hydrogen-bond acceptors (Lipinski definition) is 3. The van der Waals surface area contributed by atoms with Crippen LogP contribution in [0.2, 0.25) is 36.3 Å². The third-order valence-corrected chi connectivity index (χ3v) is 17.6. The Kier molecular flexibility index (Phi) is 9.81. The van der Waals surface area contributed by atoms with Crippen molar-refractivity contribution in [1.29, 1.82) is 0 Å². The minimum atomic E-state index is -2.08. The summed E-state index contributed by atoms with van der Waals surface area (Å²) in [4.78, 5) is 0. The van der Waals surface area contributed by atoms with Crippen molar-refractivity contribution in [2.24, 2.45) is 0 Å². The molecule has 2 aromatic carbocycles. The summed E-state index contributed by atoms with van der Waals surface area (Å²) in [6.45, 7) is 28.8. The number of halogens is 1. The Balaban J connectivity index is 2.40.